The second-order valence-corrected chi connectivity index (χ2v) is 5.59. The zero-order valence-corrected chi connectivity index (χ0v) is 12.3. The van der Waals surface area contributed by atoms with E-state index in [1.807, 2.05) is 0 Å². The van der Waals surface area contributed by atoms with Crippen LogP contribution in [0.5, 0.6) is 0 Å². The fourth-order valence-electron chi connectivity index (χ4n) is 1.91. The third-order valence-corrected chi connectivity index (χ3v) is 4.16. The zero-order chi connectivity index (χ0) is 13.0. The lowest BCUT2D eigenvalue weighted by atomic mass is 10.1. The molecule has 1 aliphatic rings. The van der Waals surface area contributed by atoms with E-state index in [1.54, 1.807) is 18.2 Å². The van der Waals surface area contributed by atoms with Crippen molar-refractivity contribution in [2.24, 2.45) is 0 Å². The lowest BCUT2D eigenvalue weighted by molar-refractivity contribution is 0.0169. The summed E-state index contributed by atoms with van der Waals surface area (Å²) in [5.74, 6) is -0.0958. The fourth-order valence-corrected chi connectivity index (χ4v) is 2.41. The molecule has 18 heavy (non-hydrogen) atoms. The Morgan fingerprint density at radius 1 is 1.50 bits per heavy atom. The van der Waals surface area contributed by atoms with E-state index in [0.717, 1.165) is 23.9 Å². The average Bonchev–Trinajstić information content (AvgIpc) is 2.40. The molecule has 1 atom stereocenters. The van der Waals surface area contributed by atoms with Gasteiger partial charge in [-0.15, -0.1) is 0 Å². The average molecular weight is 333 g/mol. The number of hydrogen-bond acceptors (Lipinski definition) is 2. The van der Waals surface area contributed by atoms with Gasteiger partial charge in [0.2, 0.25) is 0 Å². The highest BCUT2D eigenvalue weighted by molar-refractivity contribution is 9.10. The molecule has 1 saturated heterocycles. The van der Waals surface area contributed by atoms with Gasteiger partial charge in [0, 0.05) is 23.2 Å². The van der Waals surface area contributed by atoms with Crippen molar-refractivity contribution in [1.29, 1.82) is 0 Å². The van der Waals surface area contributed by atoms with Crippen molar-refractivity contribution in [3.8, 4) is 0 Å². The molecule has 1 heterocycles. The summed E-state index contributed by atoms with van der Waals surface area (Å²) in [5, 5.41) is 3.49. The number of benzene rings is 1. The maximum absolute atomic E-state index is 11.9. The van der Waals surface area contributed by atoms with E-state index in [1.165, 1.54) is 6.42 Å². The third kappa shape index (κ3) is 3.70. The molecule has 1 amide bonds. The van der Waals surface area contributed by atoms with E-state index in [0.29, 0.717) is 17.1 Å². The van der Waals surface area contributed by atoms with Gasteiger partial charge in [0.25, 0.3) is 5.91 Å². The van der Waals surface area contributed by atoms with Gasteiger partial charge in [0.05, 0.1) is 11.1 Å². The van der Waals surface area contributed by atoms with Crippen LogP contribution < -0.4 is 5.32 Å². The Kier molecular flexibility index (Phi) is 5.03. The number of amides is 1. The van der Waals surface area contributed by atoms with Crippen LogP contribution in [0.1, 0.15) is 29.6 Å². The summed E-state index contributed by atoms with van der Waals surface area (Å²) in [4.78, 5) is 11.9. The van der Waals surface area contributed by atoms with Crippen molar-refractivity contribution in [1.82, 2.24) is 5.32 Å². The van der Waals surface area contributed by atoms with Gasteiger partial charge in [-0.3, -0.25) is 4.79 Å². The molecule has 98 valence electrons. The Morgan fingerprint density at radius 3 is 3.00 bits per heavy atom. The normalized spacial score (nSPS) is 19.6. The molecule has 0 aliphatic carbocycles. The molecule has 0 spiro atoms. The van der Waals surface area contributed by atoms with Gasteiger partial charge in [0.1, 0.15) is 0 Å². The number of carbonyl (C=O) groups is 1. The van der Waals surface area contributed by atoms with Gasteiger partial charge in [0.15, 0.2) is 0 Å². The SMILES string of the molecule is O=C(NCC1CCCCO1)c1ccc(Cl)c(Br)c1. The Labute approximate surface area is 120 Å². The molecule has 5 heteroatoms. The van der Waals surface area contributed by atoms with Crippen LogP contribution in [-0.2, 0) is 4.74 Å². The summed E-state index contributed by atoms with van der Waals surface area (Å²) in [6, 6.07) is 5.14. The van der Waals surface area contributed by atoms with Crippen LogP contribution in [0.25, 0.3) is 0 Å². The number of carbonyl (C=O) groups excluding carboxylic acids is 1. The Hall–Kier alpha value is -0.580. The van der Waals surface area contributed by atoms with Crippen LogP contribution in [0, 0.1) is 0 Å². The predicted molar refractivity (Wildman–Crippen MR) is 75.1 cm³/mol. The molecular formula is C13H15BrClNO2. The van der Waals surface area contributed by atoms with E-state index < -0.39 is 0 Å². The van der Waals surface area contributed by atoms with E-state index in [9.17, 15) is 4.79 Å². The van der Waals surface area contributed by atoms with E-state index in [-0.39, 0.29) is 12.0 Å². The lowest BCUT2D eigenvalue weighted by Crippen LogP contribution is -2.35. The van der Waals surface area contributed by atoms with Crippen molar-refractivity contribution >= 4 is 33.4 Å². The first kappa shape index (κ1) is 13.8. The molecular weight excluding hydrogens is 318 g/mol. The first-order chi connectivity index (χ1) is 8.66. The molecule has 3 nitrogen and oxygen atoms in total. The van der Waals surface area contributed by atoms with Gasteiger partial charge in [-0.1, -0.05) is 11.6 Å². The standard InChI is InChI=1S/C13H15BrClNO2/c14-11-7-9(4-5-12(11)15)13(17)16-8-10-3-1-2-6-18-10/h4-5,7,10H,1-3,6,8H2,(H,16,17). The maximum atomic E-state index is 11.9. The first-order valence-corrected chi connectivity index (χ1v) is 7.19. The van der Waals surface area contributed by atoms with Crippen LogP contribution in [0.15, 0.2) is 22.7 Å². The summed E-state index contributed by atoms with van der Waals surface area (Å²) in [5.41, 5.74) is 0.599. The number of ether oxygens (including phenoxy) is 1. The summed E-state index contributed by atoms with van der Waals surface area (Å²) in [6.07, 6.45) is 3.46. The van der Waals surface area contributed by atoms with Gasteiger partial charge >= 0.3 is 0 Å². The largest absolute Gasteiger partial charge is 0.376 e. The zero-order valence-electron chi connectivity index (χ0n) is 9.92. The Balaban J connectivity index is 1.88. The number of hydrogen-bond donors (Lipinski definition) is 1. The highest BCUT2D eigenvalue weighted by atomic mass is 79.9. The van der Waals surface area contributed by atoms with Gasteiger partial charge in [-0.25, -0.2) is 0 Å². The van der Waals surface area contributed by atoms with Gasteiger partial charge in [-0.05, 0) is 53.4 Å². The molecule has 2 rings (SSSR count). The predicted octanol–water partition coefficient (Wildman–Crippen LogP) is 3.40. The van der Waals surface area contributed by atoms with Crippen LogP contribution >= 0.6 is 27.5 Å². The summed E-state index contributed by atoms with van der Waals surface area (Å²) >= 11 is 9.19. The number of halogens is 2. The van der Waals surface area contributed by atoms with Crippen LogP contribution in [0.3, 0.4) is 0 Å². The monoisotopic (exact) mass is 331 g/mol. The van der Waals surface area contributed by atoms with Gasteiger partial charge in [-0.2, -0.15) is 0 Å². The quantitative estimate of drug-likeness (QED) is 0.921. The van der Waals surface area contributed by atoms with Crippen molar-refractivity contribution in [3.63, 3.8) is 0 Å². The van der Waals surface area contributed by atoms with Crippen LogP contribution in [0.2, 0.25) is 5.02 Å². The van der Waals surface area contributed by atoms with Crippen molar-refractivity contribution in [2.75, 3.05) is 13.2 Å². The molecule has 0 aromatic heterocycles. The topological polar surface area (TPSA) is 38.3 Å². The van der Waals surface area contributed by atoms with Crippen molar-refractivity contribution in [2.45, 2.75) is 25.4 Å². The van der Waals surface area contributed by atoms with Crippen molar-refractivity contribution < 1.29 is 9.53 Å². The third-order valence-electron chi connectivity index (χ3n) is 2.95. The molecule has 1 aromatic carbocycles. The molecule has 0 saturated carbocycles. The maximum Gasteiger partial charge on any atom is 0.251 e. The molecule has 0 bridgehead atoms. The molecule has 0 radical (unpaired) electrons. The summed E-state index contributed by atoms with van der Waals surface area (Å²) in [6.45, 7) is 1.37. The number of nitrogens with one attached hydrogen (secondary N) is 1. The fraction of sp³-hybridized carbons (Fsp3) is 0.462. The smallest absolute Gasteiger partial charge is 0.251 e. The Morgan fingerprint density at radius 2 is 2.33 bits per heavy atom. The van der Waals surface area contributed by atoms with Crippen molar-refractivity contribution in [3.05, 3.63) is 33.3 Å². The lowest BCUT2D eigenvalue weighted by Gasteiger charge is -2.22. The minimum absolute atomic E-state index is 0.0958. The molecule has 1 unspecified atom stereocenters. The van der Waals surface area contributed by atoms with Crippen LogP contribution in [0.4, 0.5) is 0 Å². The first-order valence-electron chi connectivity index (χ1n) is 6.01. The van der Waals surface area contributed by atoms with Crippen LogP contribution in [-0.4, -0.2) is 25.2 Å². The minimum Gasteiger partial charge on any atom is -0.376 e. The summed E-state index contributed by atoms with van der Waals surface area (Å²) in [7, 11) is 0. The second kappa shape index (κ2) is 6.55. The number of rotatable bonds is 3. The second-order valence-electron chi connectivity index (χ2n) is 4.33. The van der Waals surface area contributed by atoms with E-state index in [4.69, 9.17) is 16.3 Å². The minimum atomic E-state index is -0.0958. The summed E-state index contributed by atoms with van der Waals surface area (Å²) < 4.78 is 6.29. The van der Waals surface area contributed by atoms with E-state index in [2.05, 4.69) is 21.2 Å². The molecule has 1 aliphatic heterocycles. The highest BCUT2D eigenvalue weighted by Crippen LogP contribution is 2.23. The highest BCUT2D eigenvalue weighted by Gasteiger charge is 2.15. The van der Waals surface area contributed by atoms with Gasteiger partial charge < -0.3 is 10.1 Å². The molecule has 1 aromatic rings. The Bertz CT molecular complexity index is 433. The molecule has 1 N–H and O–H groups in total. The molecule has 1 fully saturated rings. The van der Waals surface area contributed by atoms with E-state index >= 15 is 0 Å².